The summed E-state index contributed by atoms with van der Waals surface area (Å²) in [5, 5.41) is 20.4. The Morgan fingerprint density at radius 1 is 1.12 bits per heavy atom. The van der Waals surface area contributed by atoms with Crippen molar-refractivity contribution in [1.82, 2.24) is 15.0 Å². The monoisotopic (exact) mass is 476 g/mol. The molecule has 0 saturated heterocycles. The number of aromatic nitrogens is 3. The maximum atomic E-state index is 11.5. The summed E-state index contributed by atoms with van der Waals surface area (Å²) in [6, 6.07) is 7.70. The smallest absolute Gasteiger partial charge is 0.311 e. The third-order valence-electron chi connectivity index (χ3n) is 4.05. The molecule has 0 bridgehead atoms. The number of nitrogens with two attached hydrogens (primary N) is 1. The first-order chi connectivity index (χ1) is 15.2. The second-order valence-electron chi connectivity index (χ2n) is 6.51. The molecule has 0 unspecified atom stereocenters. The molecule has 2 aromatic heterocycles. The Morgan fingerprint density at radius 2 is 1.81 bits per heavy atom. The fourth-order valence-electron chi connectivity index (χ4n) is 2.74. The Bertz CT molecular complexity index is 1160. The molecule has 0 aliphatic heterocycles. The van der Waals surface area contributed by atoms with Crippen LogP contribution in [-0.4, -0.2) is 38.9 Å². The molecule has 3 aromatic rings. The third-order valence-corrected chi connectivity index (χ3v) is 4.49. The fourth-order valence-corrected chi connectivity index (χ4v) is 3.27. The molecule has 0 aliphatic rings. The van der Waals surface area contributed by atoms with E-state index >= 15 is 0 Å². The Balaban J connectivity index is 1.71. The summed E-state index contributed by atoms with van der Waals surface area (Å²) >= 11 is 12.2. The van der Waals surface area contributed by atoms with Crippen molar-refractivity contribution in [2.75, 3.05) is 34.8 Å². The van der Waals surface area contributed by atoms with Gasteiger partial charge in [-0.2, -0.15) is 0 Å². The van der Waals surface area contributed by atoms with Crippen LogP contribution in [0.5, 0.6) is 0 Å². The summed E-state index contributed by atoms with van der Waals surface area (Å²) in [6.07, 6.45) is 1.48. The first-order valence-corrected chi connectivity index (χ1v) is 9.98. The number of rotatable bonds is 8. The standard InChI is InChI=1S/C19H18Cl2N8O3/c1-10(30)26-14-9-25-19(28-17(14)11-6-12(20)8-13(21)7-11)24-5-4-23-16-3-2-15(29(31)32)18(22)27-16/h2-3,6-9H,4-5H2,1H3,(H,26,30)(H3,22,23,27)(H,24,25,28). The van der Waals surface area contributed by atoms with Gasteiger partial charge in [-0.25, -0.2) is 15.0 Å². The first kappa shape index (κ1) is 23.0. The van der Waals surface area contributed by atoms with Crippen molar-refractivity contribution in [3.8, 4) is 11.3 Å². The number of hydrogen-bond acceptors (Lipinski definition) is 9. The van der Waals surface area contributed by atoms with Crippen LogP contribution in [0.2, 0.25) is 10.0 Å². The number of halogens is 2. The van der Waals surface area contributed by atoms with Crippen molar-refractivity contribution in [2.45, 2.75) is 6.92 Å². The molecular weight excluding hydrogens is 459 g/mol. The van der Waals surface area contributed by atoms with Crippen molar-refractivity contribution in [2.24, 2.45) is 0 Å². The van der Waals surface area contributed by atoms with E-state index in [4.69, 9.17) is 28.9 Å². The molecular formula is C19H18Cl2N8O3. The number of nitrogens with one attached hydrogen (secondary N) is 3. The topological polar surface area (TPSA) is 161 Å². The van der Waals surface area contributed by atoms with E-state index in [9.17, 15) is 14.9 Å². The number of nitro groups is 1. The van der Waals surface area contributed by atoms with E-state index in [0.29, 0.717) is 51.8 Å². The normalized spacial score (nSPS) is 10.5. The molecule has 0 aliphatic carbocycles. The van der Waals surface area contributed by atoms with E-state index in [1.165, 1.54) is 25.3 Å². The van der Waals surface area contributed by atoms with Gasteiger partial charge in [0.1, 0.15) is 5.82 Å². The molecule has 0 atom stereocenters. The highest BCUT2D eigenvalue weighted by Gasteiger charge is 2.14. The molecule has 0 fully saturated rings. The molecule has 1 amide bonds. The lowest BCUT2D eigenvalue weighted by Crippen LogP contribution is -2.17. The molecule has 5 N–H and O–H groups in total. The number of anilines is 4. The summed E-state index contributed by atoms with van der Waals surface area (Å²) in [5.41, 5.74) is 6.79. The minimum absolute atomic E-state index is 0.172. The first-order valence-electron chi connectivity index (χ1n) is 9.22. The summed E-state index contributed by atoms with van der Waals surface area (Å²) in [5.74, 6) is 0.256. The SMILES string of the molecule is CC(=O)Nc1cnc(NCCNc2ccc([N+](=O)[O-])c(N)n2)nc1-c1cc(Cl)cc(Cl)c1. The third kappa shape index (κ3) is 5.93. The number of amides is 1. The maximum Gasteiger partial charge on any atom is 0.311 e. The summed E-state index contributed by atoms with van der Waals surface area (Å²) < 4.78 is 0. The Kier molecular flexibility index (Phi) is 7.23. The fraction of sp³-hybridized carbons (Fsp3) is 0.158. The molecule has 0 spiro atoms. The second-order valence-corrected chi connectivity index (χ2v) is 7.38. The van der Waals surface area contributed by atoms with Gasteiger partial charge in [0, 0.05) is 41.7 Å². The molecule has 32 heavy (non-hydrogen) atoms. The molecule has 11 nitrogen and oxygen atoms in total. The predicted octanol–water partition coefficient (Wildman–Crippen LogP) is 3.82. The highest BCUT2D eigenvalue weighted by atomic mass is 35.5. The van der Waals surface area contributed by atoms with E-state index < -0.39 is 4.92 Å². The molecule has 13 heteroatoms. The van der Waals surface area contributed by atoms with Crippen molar-refractivity contribution < 1.29 is 9.72 Å². The van der Waals surface area contributed by atoms with E-state index in [1.54, 1.807) is 18.2 Å². The van der Waals surface area contributed by atoms with E-state index in [-0.39, 0.29) is 17.4 Å². The highest BCUT2D eigenvalue weighted by molar-refractivity contribution is 6.35. The average Bonchev–Trinajstić information content (AvgIpc) is 2.70. The van der Waals surface area contributed by atoms with Crippen LogP contribution in [-0.2, 0) is 4.79 Å². The van der Waals surface area contributed by atoms with Gasteiger partial charge in [-0.1, -0.05) is 23.2 Å². The quantitative estimate of drug-likeness (QED) is 0.215. The lowest BCUT2D eigenvalue weighted by Gasteiger charge is -2.13. The van der Waals surface area contributed by atoms with Crippen molar-refractivity contribution in [3.63, 3.8) is 0 Å². The van der Waals surface area contributed by atoms with Crippen LogP contribution in [0.3, 0.4) is 0 Å². The summed E-state index contributed by atoms with van der Waals surface area (Å²) in [7, 11) is 0. The highest BCUT2D eigenvalue weighted by Crippen LogP contribution is 2.31. The molecule has 2 heterocycles. The average molecular weight is 477 g/mol. The van der Waals surface area contributed by atoms with Gasteiger partial charge in [0.2, 0.25) is 17.7 Å². The van der Waals surface area contributed by atoms with Crippen molar-refractivity contribution in [3.05, 3.63) is 56.7 Å². The molecule has 3 rings (SSSR count). The van der Waals surface area contributed by atoms with Crippen molar-refractivity contribution >= 4 is 58.1 Å². The van der Waals surface area contributed by atoms with Crippen molar-refractivity contribution in [1.29, 1.82) is 0 Å². The van der Waals surface area contributed by atoms with Gasteiger partial charge in [0.05, 0.1) is 22.5 Å². The van der Waals surface area contributed by atoms with Crippen LogP contribution in [0.4, 0.5) is 29.0 Å². The van der Waals surface area contributed by atoms with Crippen LogP contribution >= 0.6 is 23.2 Å². The number of pyridine rings is 1. The van der Waals surface area contributed by atoms with Gasteiger partial charge in [-0.3, -0.25) is 14.9 Å². The summed E-state index contributed by atoms with van der Waals surface area (Å²) in [4.78, 5) is 34.4. The number of carbonyl (C=O) groups is 1. The van der Waals surface area contributed by atoms with E-state index in [0.717, 1.165) is 0 Å². The maximum absolute atomic E-state index is 11.5. The zero-order chi connectivity index (χ0) is 23.3. The number of nitrogen functional groups attached to an aromatic ring is 1. The number of carbonyl (C=O) groups excluding carboxylic acids is 1. The summed E-state index contributed by atoms with van der Waals surface area (Å²) in [6.45, 7) is 2.18. The van der Waals surface area contributed by atoms with Gasteiger partial charge in [0.25, 0.3) is 0 Å². The minimum atomic E-state index is -0.597. The largest absolute Gasteiger partial charge is 0.378 e. The number of benzene rings is 1. The van der Waals surface area contributed by atoms with Crippen LogP contribution in [0, 0.1) is 10.1 Å². The van der Waals surface area contributed by atoms with Crippen LogP contribution in [0.15, 0.2) is 36.5 Å². The van der Waals surface area contributed by atoms with Gasteiger partial charge in [-0.15, -0.1) is 0 Å². The Hall–Kier alpha value is -3.70. The molecule has 0 radical (unpaired) electrons. The van der Waals surface area contributed by atoms with Gasteiger partial charge in [0.15, 0.2) is 0 Å². The lowest BCUT2D eigenvalue weighted by atomic mass is 10.1. The Morgan fingerprint density at radius 3 is 2.44 bits per heavy atom. The zero-order valence-electron chi connectivity index (χ0n) is 16.7. The molecule has 1 aromatic carbocycles. The van der Waals surface area contributed by atoms with Gasteiger partial charge < -0.3 is 21.7 Å². The molecule has 0 saturated carbocycles. The number of nitrogens with zero attached hydrogens (tertiary/aromatic N) is 4. The molecule has 166 valence electrons. The van der Waals surface area contributed by atoms with Gasteiger partial charge in [-0.05, 0) is 24.3 Å². The predicted molar refractivity (Wildman–Crippen MR) is 124 cm³/mol. The van der Waals surface area contributed by atoms with Crippen LogP contribution in [0.1, 0.15) is 6.92 Å². The van der Waals surface area contributed by atoms with Gasteiger partial charge >= 0.3 is 5.69 Å². The lowest BCUT2D eigenvalue weighted by molar-refractivity contribution is -0.384. The van der Waals surface area contributed by atoms with Crippen LogP contribution < -0.4 is 21.7 Å². The zero-order valence-corrected chi connectivity index (χ0v) is 18.2. The Labute approximate surface area is 192 Å². The minimum Gasteiger partial charge on any atom is -0.378 e. The van der Waals surface area contributed by atoms with Crippen LogP contribution in [0.25, 0.3) is 11.3 Å². The van der Waals surface area contributed by atoms with E-state index in [2.05, 4.69) is 30.9 Å². The van der Waals surface area contributed by atoms with E-state index in [1.807, 2.05) is 0 Å². The number of hydrogen-bond donors (Lipinski definition) is 4. The second kappa shape index (κ2) is 10.1.